The normalized spacial score (nSPS) is 13.9. The maximum absolute atomic E-state index is 11.9. The van der Waals surface area contributed by atoms with Crippen LogP contribution in [-0.4, -0.2) is 38.4 Å². The molecule has 1 aromatic rings. The van der Waals surface area contributed by atoms with Gasteiger partial charge in [0.1, 0.15) is 13.2 Å². The molecule has 1 aliphatic heterocycles. The minimum Gasteiger partial charge on any atom is -0.486 e. The molecule has 5 nitrogen and oxygen atoms in total. The zero-order valence-electron chi connectivity index (χ0n) is 11.1. The molecule has 116 valence electrons. The maximum atomic E-state index is 11.9. The van der Waals surface area contributed by atoms with E-state index in [1.165, 1.54) is 0 Å². The molecule has 21 heavy (non-hydrogen) atoms. The number of nitrogens with one attached hydrogen (secondary N) is 2. The van der Waals surface area contributed by atoms with Crippen molar-refractivity contribution in [2.75, 3.05) is 26.3 Å². The van der Waals surface area contributed by atoms with E-state index in [4.69, 9.17) is 9.47 Å². The molecular formula is C13H15F3N2O3. The number of rotatable bonds is 5. The Morgan fingerprint density at radius 2 is 1.90 bits per heavy atom. The molecule has 0 atom stereocenters. The number of carbonyl (C=O) groups is 1. The fraction of sp³-hybridized carbons (Fsp3) is 0.462. The highest BCUT2D eigenvalue weighted by Crippen LogP contribution is 2.30. The Hall–Kier alpha value is -1.96. The molecule has 0 aromatic heterocycles. The van der Waals surface area contributed by atoms with Gasteiger partial charge in [0.25, 0.3) is 0 Å². The molecule has 0 radical (unpaired) electrons. The van der Waals surface area contributed by atoms with Crippen LogP contribution in [0, 0.1) is 0 Å². The number of fused-ring (bicyclic) bond motifs is 1. The van der Waals surface area contributed by atoms with Gasteiger partial charge >= 0.3 is 6.18 Å². The highest BCUT2D eigenvalue weighted by atomic mass is 19.4. The molecule has 1 aromatic carbocycles. The van der Waals surface area contributed by atoms with Crippen LogP contribution in [0.3, 0.4) is 0 Å². The van der Waals surface area contributed by atoms with Crippen LogP contribution in [0.15, 0.2) is 18.2 Å². The van der Waals surface area contributed by atoms with Gasteiger partial charge in [-0.15, -0.1) is 0 Å². The maximum Gasteiger partial charge on any atom is 0.401 e. The SMILES string of the molecule is O=C(CNCC(F)(F)F)NCc1ccc2c(c1)OCCO2. The molecule has 1 amide bonds. The largest absolute Gasteiger partial charge is 0.486 e. The molecule has 0 fully saturated rings. The molecule has 0 unspecified atom stereocenters. The van der Waals surface area contributed by atoms with E-state index >= 15 is 0 Å². The second-order valence-electron chi connectivity index (χ2n) is 4.47. The van der Waals surface area contributed by atoms with E-state index in [9.17, 15) is 18.0 Å². The van der Waals surface area contributed by atoms with Gasteiger partial charge in [-0.05, 0) is 17.7 Å². The van der Waals surface area contributed by atoms with Crippen LogP contribution in [0.4, 0.5) is 13.2 Å². The lowest BCUT2D eigenvalue weighted by Crippen LogP contribution is -2.38. The van der Waals surface area contributed by atoms with Crippen molar-refractivity contribution in [2.45, 2.75) is 12.7 Å². The van der Waals surface area contributed by atoms with E-state index in [0.717, 1.165) is 5.56 Å². The molecule has 0 saturated carbocycles. The summed E-state index contributed by atoms with van der Waals surface area (Å²) < 4.78 is 46.4. The van der Waals surface area contributed by atoms with Crippen molar-refractivity contribution in [2.24, 2.45) is 0 Å². The number of hydrogen-bond acceptors (Lipinski definition) is 4. The van der Waals surface area contributed by atoms with Gasteiger partial charge in [0.2, 0.25) is 5.91 Å². The van der Waals surface area contributed by atoms with Crippen LogP contribution in [0.2, 0.25) is 0 Å². The van der Waals surface area contributed by atoms with E-state index < -0.39 is 18.6 Å². The zero-order valence-corrected chi connectivity index (χ0v) is 11.1. The van der Waals surface area contributed by atoms with Crippen LogP contribution in [0.5, 0.6) is 11.5 Å². The van der Waals surface area contributed by atoms with E-state index in [2.05, 4.69) is 5.32 Å². The fourth-order valence-corrected chi connectivity index (χ4v) is 1.78. The van der Waals surface area contributed by atoms with Crippen LogP contribution in [-0.2, 0) is 11.3 Å². The van der Waals surface area contributed by atoms with Gasteiger partial charge in [-0.2, -0.15) is 13.2 Å². The van der Waals surface area contributed by atoms with Gasteiger partial charge in [0, 0.05) is 6.54 Å². The molecule has 0 spiro atoms. The van der Waals surface area contributed by atoms with Crippen LogP contribution < -0.4 is 20.1 Å². The van der Waals surface area contributed by atoms with Gasteiger partial charge in [0.05, 0.1) is 13.1 Å². The summed E-state index contributed by atoms with van der Waals surface area (Å²) in [6.07, 6.45) is -4.32. The standard InChI is InChI=1S/C13H15F3N2O3/c14-13(15,16)8-17-7-12(19)18-6-9-1-2-10-11(5-9)21-4-3-20-10/h1-2,5,17H,3-4,6-8H2,(H,18,19). The number of ether oxygens (including phenoxy) is 2. The van der Waals surface area contributed by atoms with Crippen molar-refractivity contribution in [3.63, 3.8) is 0 Å². The molecule has 1 aliphatic rings. The lowest BCUT2D eigenvalue weighted by molar-refractivity contribution is -0.128. The van der Waals surface area contributed by atoms with E-state index in [1.54, 1.807) is 18.2 Å². The van der Waals surface area contributed by atoms with Crippen molar-refractivity contribution < 1.29 is 27.4 Å². The Labute approximate surface area is 119 Å². The highest BCUT2D eigenvalue weighted by molar-refractivity contribution is 5.78. The van der Waals surface area contributed by atoms with Crippen molar-refractivity contribution in [3.8, 4) is 11.5 Å². The van der Waals surface area contributed by atoms with Crippen LogP contribution >= 0.6 is 0 Å². The third-order valence-corrected chi connectivity index (χ3v) is 2.71. The molecule has 2 rings (SSSR count). The number of hydrogen-bond donors (Lipinski definition) is 2. The quantitative estimate of drug-likeness (QED) is 0.859. The monoisotopic (exact) mass is 304 g/mol. The topological polar surface area (TPSA) is 59.6 Å². The predicted molar refractivity (Wildman–Crippen MR) is 68.2 cm³/mol. The molecule has 1 heterocycles. The summed E-state index contributed by atoms with van der Waals surface area (Å²) in [5.41, 5.74) is 0.781. The van der Waals surface area contributed by atoms with Crippen molar-refractivity contribution in [1.82, 2.24) is 10.6 Å². The van der Waals surface area contributed by atoms with Gasteiger partial charge in [-0.25, -0.2) is 0 Å². The van der Waals surface area contributed by atoms with Gasteiger partial charge in [-0.1, -0.05) is 6.07 Å². The third kappa shape index (κ3) is 5.14. The smallest absolute Gasteiger partial charge is 0.401 e. The summed E-state index contributed by atoms with van der Waals surface area (Å²) in [6.45, 7) is -0.407. The average molecular weight is 304 g/mol. The minimum atomic E-state index is -4.32. The molecule has 0 aliphatic carbocycles. The number of benzene rings is 1. The Morgan fingerprint density at radius 3 is 2.62 bits per heavy atom. The first-order chi connectivity index (χ1) is 9.94. The second-order valence-corrected chi connectivity index (χ2v) is 4.47. The average Bonchev–Trinajstić information content (AvgIpc) is 2.43. The van der Waals surface area contributed by atoms with E-state index in [1.807, 2.05) is 5.32 Å². The van der Waals surface area contributed by atoms with Crippen molar-refractivity contribution in [1.29, 1.82) is 0 Å². The molecule has 8 heteroatoms. The lowest BCUT2D eigenvalue weighted by atomic mass is 10.2. The van der Waals surface area contributed by atoms with Crippen LogP contribution in [0.25, 0.3) is 0 Å². The predicted octanol–water partition coefficient (Wildman–Crippen LogP) is 1.23. The summed E-state index contributed by atoms with van der Waals surface area (Å²) in [7, 11) is 0. The molecular weight excluding hydrogens is 289 g/mol. The van der Waals surface area contributed by atoms with E-state index in [0.29, 0.717) is 24.7 Å². The Balaban J connectivity index is 1.76. The van der Waals surface area contributed by atoms with Crippen LogP contribution in [0.1, 0.15) is 5.56 Å². The molecule has 0 bridgehead atoms. The fourth-order valence-electron chi connectivity index (χ4n) is 1.78. The number of halogens is 3. The van der Waals surface area contributed by atoms with E-state index in [-0.39, 0.29) is 13.1 Å². The summed E-state index contributed by atoms with van der Waals surface area (Å²) in [5.74, 6) is 0.737. The first-order valence-electron chi connectivity index (χ1n) is 6.37. The summed E-state index contributed by atoms with van der Waals surface area (Å²) in [5, 5.41) is 4.56. The summed E-state index contributed by atoms with van der Waals surface area (Å²) in [6, 6.07) is 5.23. The van der Waals surface area contributed by atoms with Gasteiger partial charge in [-0.3, -0.25) is 4.79 Å². The summed E-state index contributed by atoms with van der Waals surface area (Å²) >= 11 is 0. The molecule has 2 N–H and O–H groups in total. The first kappa shape index (κ1) is 15.4. The van der Waals surface area contributed by atoms with Gasteiger partial charge in [0.15, 0.2) is 11.5 Å². The number of carbonyl (C=O) groups excluding carboxylic acids is 1. The highest BCUT2D eigenvalue weighted by Gasteiger charge is 2.26. The van der Waals surface area contributed by atoms with Gasteiger partial charge < -0.3 is 20.1 Å². The first-order valence-corrected chi connectivity index (χ1v) is 6.37. The third-order valence-electron chi connectivity index (χ3n) is 2.71. The minimum absolute atomic E-state index is 0.211. The zero-order chi connectivity index (χ0) is 15.3. The van der Waals surface area contributed by atoms with Crippen molar-refractivity contribution in [3.05, 3.63) is 23.8 Å². The Bertz CT molecular complexity index is 506. The number of alkyl halides is 3. The second kappa shape index (κ2) is 6.66. The summed E-state index contributed by atoms with van der Waals surface area (Å²) in [4.78, 5) is 11.4. The Kier molecular flexibility index (Phi) is 4.89. The number of amides is 1. The Morgan fingerprint density at radius 1 is 1.19 bits per heavy atom. The van der Waals surface area contributed by atoms with Crippen molar-refractivity contribution >= 4 is 5.91 Å². The molecule has 0 saturated heterocycles. The lowest BCUT2D eigenvalue weighted by Gasteiger charge is -2.19.